The van der Waals surface area contributed by atoms with E-state index in [4.69, 9.17) is 14.2 Å². The average molecular weight is 495 g/mol. The van der Waals surface area contributed by atoms with E-state index in [-0.39, 0.29) is 11.8 Å². The molecule has 0 fully saturated rings. The number of ketones is 1. The highest BCUT2D eigenvalue weighted by Crippen LogP contribution is 2.44. The number of methoxy groups -OCH3 is 1. The molecule has 0 saturated carbocycles. The normalized spacial score (nSPS) is 16.9. The van der Waals surface area contributed by atoms with Crippen molar-refractivity contribution in [2.24, 2.45) is 0 Å². The molecular weight excluding hydrogens is 464 g/mol. The Kier molecular flexibility index (Phi) is 5.76. The molecule has 188 valence electrons. The lowest BCUT2D eigenvalue weighted by atomic mass is 9.99. The third-order valence-electron chi connectivity index (χ3n) is 7.54. The second-order valence-electron chi connectivity index (χ2n) is 9.67. The number of rotatable bonds is 5. The molecule has 1 aromatic heterocycles. The lowest BCUT2D eigenvalue weighted by Crippen LogP contribution is -2.34. The van der Waals surface area contributed by atoms with E-state index in [1.54, 1.807) is 7.11 Å². The Morgan fingerprint density at radius 2 is 1.92 bits per heavy atom. The minimum absolute atomic E-state index is 0.102. The van der Waals surface area contributed by atoms with Gasteiger partial charge in [0.15, 0.2) is 5.76 Å². The van der Waals surface area contributed by atoms with Gasteiger partial charge < -0.3 is 18.8 Å². The quantitative estimate of drug-likeness (QED) is 0.296. The fourth-order valence-electron chi connectivity index (χ4n) is 5.41. The molecule has 6 heteroatoms. The van der Waals surface area contributed by atoms with Crippen LogP contribution in [0.15, 0.2) is 66.6 Å². The Morgan fingerprint density at radius 3 is 2.68 bits per heavy atom. The molecule has 0 radical (unpaired) electrons. The van der Waals surface area contributed by atoms with Crippen LogP contribution in [0.4, 0.5) is 0 Å². The van der Waals surface area contributed by atoms with Crippen LogP contribution in [0.25, 0.3) is 17.0 Å². The molecule has 3 aromatic carbocycles. The summed E-state index contributed by atoms with van der Waals surface area (Å²) in [6.45, 7) is 8.26. The largest absolute Gasteiger partial charge is 0.497 e. The molecule has 0 saturated heterocycles. The van der Waals surface area contributed by atoms with Crippen molar-refractivity contribution in [3.05, 3.63) is 94.4 Å². The van der Waals surface area contributed by atoms with E-state index < -0.39 is 0 Å². The summed E-state index contributed by atoms with van der Waals surface area (Å²) in [5, 5.41) is 1.02. The van der Waals surface area contributed by atoms with Crippen LogP contribution in [0.5, 0.6) is 17.2 Å². The number of benzene rings is 3. The lowest BCUT2D eigenvalue weighted by Gasteiger charge is -2.34. The van der Waals surface area contributed by atoms with Crippen molar-refractivity contribution < 1.29 is 19.0 Å². The number of Topliss-reactive ketones (excluding diaryl/α,β-unsaturated/α-hetero) is 1. The van der Waals surface area contributed by atoms with Gasteiger partial charge in [-0.1, -0.05) is 30.3 Å². The van der Waals surface area contributed by atoms with Gasteiger partial charge in [-0.2, -0.15) is 0 Å². The summed E-state index contributed by atoms with van der Waals surface area (Å²) in [6.07, 6.45) is 3.90. The summed E-state index contributed by atoms with van der Waals surface area (Å²) in [5.74, 6) is 2.41. The van der Waals surface area contributed by atoms with Crippen molar-refractivity contribution in [2.45, 2.75) is 39.9 Å². The van der Waals surface area contributed by atoms with E-state index in [1.165, 1.54) is 5.56 Å². The zero-order valence-corrected chi connectivity index (χ0v) is 21.6. The van der Waals surface area contributed by atoms with Crippen molar-refractivity contribution in [1.82, 2.24) is 9.47 Å². The van der Waals surface area contributed by atoms with Gasteiger partial charge in [-0.05, 0) is 56.7 Å². The summed E-state index contributed by atoms with van der Waals surface area (Å²) >= 11 is 0. The summed E-state index contributed by atoms with van der Waals surface area (Å²) in [7, 11) is 1.66. The third kappa shape index (κ3) is 3.89. The Hall–Kier alpha value is -4.03. The number of allylic oxidation sites excluding steroid dienone is 1. The first kappa shape index (κ1) is 23.4. The van der Waals surface area contributed by atoms with Crippen molar-refractivity contribution >= 4 is 22.8 Å². The number of ether oxygens (including phenoxy) is 3. The Morgan fingerprint density at radius 1 is 1.11 bits per heavy atom. The minimum Gasteiger partial charge on any atom is -0.497 e. The van der Waals surface area contributed by atoms with Gasteiger partial charge in [0.2, 0.25) is 5.78 Å². The molecule has 6 rings (SSSR count). The molecule has 37 heavy (non-hydrogen) atoms. The fourth-order valence-corrected chi connectivity index (χ4v) is 5.41. The first-order valence-corrected chi connectivity index (χ1v) is 12.7. The molecule has 2 aliphatic heterocycles. The van der Waals surface area contributed by atoms with Crippen molar-refractivity contribution in [3.63, 3.8) is 0 Å². The van der Waals surface area contributed by atoms with Gasteiger partial charge in [0, 0.05) is 52.9 Å². The zero-order chi connectivity index (χ0) is 25.7. The highest BCUT2D eigenvalue weighted by Gasteiger charge is 2.34. The molecule has 4 aromatic rings. The molecule has 3 heterocycles. The fraction of sp³-hybridized carbons (Fsp3) is 0.258. The molecule has 0 N–H and O–H groups in total. The molecule has 0 bridgehead atoms. The van der Waals surface area contributed by atoms with E-state index in [1.807, 2.05) is 43.3 Å². The average Bonchev–Trinajstić information content (AvgIpc) is 3.45. The smallest absolute Gasteiger partial charge is 0.231 e. The summed E-state index contributed by atoms with van der Waals surface area (Å²) in [6, 6.07) is 18.5. The van der Waals surface area contributed by atoms with Gasteiger partial charge in [-0.25, -0.2) is 0 Å². The molecule has 6 nitrogen and oxygen atoms in total. The summed E-state index contributed by atoms with van der Waals surface area (Å²) < 4.78 is 20.0. The van der Waals surface area contributed by atoms with Crippen LogP contribution in [-0.2, 0) is 13.1 Å². The SMILES string of the molecule is CCn1cc(/C=C2\Oc3c(cc4c(c3C)OCN(C(C)c3ccccc3)C4)C2=O)c2cc(OC)ccc21. The van der Waals surface area contributed by atoms with Crippen molar-refractivity contribution in [1.29, 1.82) is 0 Å². The predicted molar refractivity (Wildman–Crippen MR) is 144 cm³/mol. The highest BCUT2D eigenvalue weighted by molar-refractivity contribution is 6.15. The number of carbonyl (C=O) groups is 1. The molecule has 1 atom stereocenters. The number of carbonyl (C=O) groups excluding carboxylic acids is 1. The number of hydrogen-bond donors (Lipinski definition) is 0. The minimum atomic E-state index is -0.102. The number of nitrogens with zero attached hydrogens (tertiary/aromatic N) is 2. The molecule has 0 amide bonds. The maximum Gasteiger partial charge on any atom is 0.231 e. The van der Waals surface area contributed by atoms with E-state index >= 15 is 0 Å². The molecule has 0 spiro atoms. The van der Waals surface area contributed by atoms with Crippen LogP contribution >= 0.6 is 0 Å². The van der Waals surface area contributed by atoms with Gasteiger partial charge in [-0.3, -0.25) is 9.69 Å². The monoisotopic (exact) mass is 494 g/mol. The van der Waals surface area contributed by atoms with E-state index in [9.17, 15) is 4.79 Å². The molecule has 2 aliphatic rings. The first-order chi connectivity index (χ1) is 18.0. The summed E-state index contributed by atoms with van der Waals surface area (Å²) in [4.78, 5) is 15.8. The number of aryl methyl sites for hydroxylation is 1. The van der Waals surface area contributed by atoms with Gasteiger partial charge >= 0.3 is 0 Å². The van der Waals surface area contributed by atoms with Crippen LogP contribution in [0, 0.1) is 6.92 Å². The zero-order valence-electron chi connectivity index (χ0n) is 21.6. The van der Waals surface area contributed by atoms with E-state index in [2.05, 4.69) is 53.8 Å². The number of aromatic nitrogens is 1. The molecular formula is C31H30N2O4. The van der Waals surface area contributed by atoms with Crippen LogP contribution in [0.3, 0.4) is 0 Å². The maximum absolute atomic E-state index is 13.5. The van der Waals surface area contributed by atoms with Gasteiger partial charge in [0.1, 0.15) is 24.0 Å². The second kappa shape index (κ2) is 9.12. The van der Waals surface area contributed by atoms with Crippen molar-refractivity contribution in [3.8, 4) is 17.2 Å². The standard InChI is InChI=1S/C31H30N2O4/c1-5-32-16-22(25-15-24(35-4)11-12-27(25)32)14-28-29(34)26-13-23-17-33(20(3)21-9-7-6-8-10-21)18-36-30(23)19(2)31(26)37-28/h6-16,20H,5,17-18H2,1-4H3/b28-14-. The Bertz CT molecular complexity index is 1550. The topological polar surface area (TPSA) is 52.9 Å². The Labute approximate surface area is 216 Å². The van der Waals surface area contributed by atoms with Crippen LogP contribution in [0.2, 0.25) is 0 Å². The second-order valence-corrected chi connectivity index (χ2v) is 9.67. The summed E-state index contributed by atoms with van der Waals surface area (Å²) in [5.41, 5.74) is 5.72. The molecule has 0 aliphatic carbocycles. The van der Waals surface area contributed by atoms with E-state index in [0.29, 0.717) is 30.3 Å². The van der Waals surface area contributed by atoms with Gasteiger partial charge in [0.05, 0.1) is 12.7 Å². The molecule has 1 unspecified atom stereocenters. The maximum atomic E-state index is 13.5. The highest BCUT2D eigenvalue weighted by atomic mass is 16.5. The van der Waals surface area contributed by atoms with Crippen LogP contribution < -0.4 is 14.2 Å². The Balaban J connectivity index is 1.34. The number of fused-ring (bicyclic) bond motifs is 3. The van der Waals surface area contributed by atoms with E-state index in [0.717, 1.165) is 45.6 Å². The van der Waals surface area contributed by atoms with Gasteiger partial charge in [-0.15, -0.1) is 0 Å². The first-order valence-electron chi connectivity index (χ1n) is 12.7. The number of hydrogen-bond acceptors (Lipinski definition) is 5. The third-order valence-corrected chi connectivity index (χ3v) is 7.54. The predicted octanol–water partition coefficient (Wildman–Crippen LogP) is 6.51. The lowest BCUT2D eigenvalue weighted by molar-refractivity contribution is 0.0609. The van der Waals surface area contributed by atoms with Crippen molar-refractivity contribution in [2.75, 3.05) is 13.8 Å². The van der Waals surface area contributed by atoms with Crippen LogP contribution in [-0.4, -0.2) is 29.1 Å². The van der Waals surface area contributed by atoms with Gasteiger partial charge in [0.25, 0.3) is 0 Å². The van der Waals surface area contributed by atoms with Crippen LogP contribution in [0.1, 0.15) is 52.5 Å².